The first kappa shape index (κ1) is 26.5. The number of anilines is 1. The van der Waals surface area contributed by atoms with Crippen LogP contribution in [0.4, 0.5) is 5.69 Å². The highest BCUT2D eigenvalue weighted by Gasteiger charge is 2.36. The van der Waals surface area contributed by atoms with Crippen molar-refractivity contribution < 1.29 is 18.0 Å². The number of nitrogens with one attached hydrogen (secondary N) is 2. The number of thioether (sulfide) groups is 1. The van der Waals surface area contributed by atoms with Crippen LogP contribution in [0.1, 0.15) is 41.7 Å². The number of Topliss-reactive ketones (excluding diaryl/α,β-unsaturated/α-hetero) is 1. The third kappa shape index (κ3) is 5.52. The lowest BCUT2D eigenvalue weighted by molar-refractivity contribution is -0.120. The summed E-state index contributed by atoms with van der Waals surface area (Å²) in [4.78, 5) is 28.4. The molecule has 7 nitrogen and oxygen atoms in total. The van der Waals surface area contributed by atoms with Crippen molar-refractivity contribution in [1.82, 2.24) is 10.3 Å². The van der Waals surface area contributed by atoms with Crippen LogP contribution in [-0.2, 0) is 20.6 Å². The van der Waals surface area contributed by atoms with E-state index < -0.39 is 10.0 Å². The Morgan fingerprint density at radius 2 is 1.84 bits per heavy atom. The Balaban J connectivity index is 1.34. The van der Waals surface area contributed by atoms with Crippen LogP contribution in [-0.4, -0.2) is 43.4 Å². The van der Waals surface area contributed by atoms with Gasteiger partial charge in [-0.05, 0) is 42.0 Å². The largest absolute Gasteiger partial charge is 0.349 e. The fourth-order valence-corrected chi connectivity index (χ4v) is 8.40. The zero-order valence-corrected chi connectivity index (χ0v) is 23.4. The lowest BCUT2D eigenvalue weighted by Crippen LogP contribution is -2.43. The summed E-state index contributed by atoms with van der Waals surface area (Å²) in [7, 11) is -2.20. The van der Waals surface area contributed by atoms with Crippen molar-refractivity contribution in [2.45, 2.75) is 40.4 Å². The minimum Gasteiger partial charge on any atom is -0.349 e. The van der Waals surface area contributed by atoms with Gasteiger partial charge in [0.2, 0.25) is 0 Å². The van der Waals surface area contributed by atoms with E-state index in [-0.39, 0.29) is 20.6 Å². The molecule has 1 aliphatic rings. The molecule has 2 N–H and O–H groups in total. The van der Waals surface area contributed by atoms with E-state index in [0.29, 0.717) is 36.3 Å². The fraction of sp³-hybridized carbons (Fsp3) is 0.286. The molecule has 5 rings (SSSR count). The molecule has 10 heteroatoms. The number of H-pyrrole nitrogens is 1. The molecule has 0 unspecified atom stereocenters. The first-order valence-electron chi connectivity index (χ1n) is 12.4. The minimum atomic E-state index is -3.72. The summed E-state index contributed by atoms with van der Waals surface area (Å²) in [5.41, 5.74) is 2.63. The number of carbonyl (C=O) groups is 2. The molecule has 0 bridgehead atoms. The van der Waals surface area contributed by atoms with E-state index >= 15 is 0 Å². The third-order valence-corrected chi connectivity index (χ3v) is 11.8. The van der Waals surface area contributed by atoms with Gasteiger partial charge in [-0.1, -0.05) is 48.5 Å². The highest BCUT2D eigenvalue weighted by atomic mass is 32.2. The van der Waals surface area contributed by atoms with Gasteiger partial charge < -0.3 is 10.3 Å². The van der Waals surface area contributed by atoms with Gasteiger partial charge in [-0.3, -0.25) is 13.9 Å². The SMILES string of the molecule is CN(c1cccc2cc(C(=O)NCC3(SCc4ccccc4)CCC(=O)CC3)[nH]c12)S(=O)(=O)c1cccs1. The Morgan fingerprint density at radius 3 is 2.55 bits per heavy atom. The first-order valence-corrected chi connectivity index (χ1v) is 15.7. The van der Waals surface area contributed by atoms with E-state index in [1.54, 1.807) is 47.5 Å². The van der Waals surface area contributed by atoms with Gasteiger partial charge in [-0.15, -0.1) is 23.1 Å². The number of hydrogen-bond donors (Lipinski definition) is 2. The van der Waals surface area contributed by atoms with Crippen LogP contribution in [0.3, 0.4) is 0 Å². The zero-order valence-electron chi connectivity index (χ0n) is 21.0. The van der Waals surface area contributed by atoms with Crippen LogP contribution in [0.25, 0.3) is 10.9 Å². The number of rotatable bonds is 9. The highest BCUT2D eigenvalue weighted by molar-refractivity contribution is 8.00. The van der Waals surface area contributed by atoms with Crippen LogP contribution in [0.5, 0.6) is 0 Å². The quantitative estimate of drug-likeness (QED) is 0.274. The second kappa shape index (κ2) is 11.0. The Bertz CT molecular complexity index is 1540. The molecule has 1 saturated carbocycles. The van der Waals surface area contributed by atoms with Gasteiger partial charge in [-0.2, -0.15) is 0 Å². The minimum absolute atomic E-state index is 0.217. The van der Waals surface area contributed by atoms with Gasteiger partial charge in [0, 0.05) is 42.3 Å². The molecule has 0 saturated heterocycles. The predicted octanol–water partition coefficient (Wildman–Crippen LogP) is 5.60. The summed E-state index contributed by atoms with van der Waals surface area (Å²) in [6.07, 6.45) is 2.51. The zero-order chi connectivity index (χ0) is 26.8. The normalized spacial score (nSPS) is 15.4. The number of thiophene rings is 1. The number of carbonyl (C=O) groups excluding carboxylic acids is 2. The Kier molecular flexibility index (Phi) is 7.65. The number of sulfonamides is 1. The molecular formula is C28H29N3O4S3. The molecule has 2 aromatic carbocycles. The maximum Gasteiger partial charge on any atom is 0.273 e. The highest BCUT2D eigenvalue weighted by Crippen LogP contribution is 2.40. The van der Waals surface area contributed by atoms with E-state index in [9.17, 15) is 18.0 Å². The predicted molar refractivity (Wildman–Crippen MR) is 154 cm³/mol. The number of aromatic nitrogens is 1. The molecule has 1 fully saturated rings. The van der Waals surface area contributed by atoms with Gasteiger partial charge in [0.25, 0.3) is 15.9 Å². The monoisotopic (exact) mass is 567 g/mol. The number of aromatic amines is 1. The molecule has 198 valence electrons. The smallest absolute Gasteiger partial charge is 0.273 e. The maximum atomic E-state index is 13.3. The van der Waals surface area contributed by atoms with Crippen LogP contribution in [0, 0.1) is 0 Å². The second-order valence-corrected chi connectivity index (χ2v) is 14.1. The summed E-state index contributed by atoms with van der Waals surface area (Å²) >= 11 is 2.96. The number of para-hydroxylation sites is 1. The molecule has 0 spiro atoms. The van der Waals surface area contributed by atoms with Crippen molar-refractivity contribution >= 4 is 61.4 Å². The molecule has 0 radical (unpaired) electrons. The molecular weight excluding hydrogens is 539 g/mol. The average molecular weight is 568 g/mol. The third-order valence-electron chi connectivity index (χ3n) is 7.01. The molecule has 1 amide bonds. The van der Waals surface area contributed by atoms with Crippen LogP contribution >= 0.6 is 23.1 Å². The van der Waals surface area contributed by atoms with E-state index in [0.717, 1.165) is 35.3 Å². The number of benzene rings is 2. The lowest BCUT2D eigenvalue weighted by atomic mass is 9.87. The maximum absolute atomic E-state index is 13.3. The fourth-order valence-electron chi connectivity index (χ4n) is 4.70. The number of amides is 1. The Hall–Kier alpha value is -3.08. The Labute approximate surface area is 230 Å². The van der Waals surface area contributed by atoms with Crippen LogP contribution in [0.2, 0.25) is 0 Å². The number of nitrogens with zero attached hydrogens (tertiary/aromatic N) is 1. The first-order chi connectivity index (χ1) is 18.3. The van der Waals surface area contributed by atoms with Gasteiger partial charge in [-0.25, -0.2) is 8.42 Å². The van der Waals surface area contributed by atoms with Crippen LogP contribution < -0.4 is 9.62 Å². The lowest BCUT2D eigenvalue weighted by Gasteiger charge is -2.36. The average Bonchev–Trinajstić information content (AvgIpc) is 3.63. The molecule has 1 aliphatic carbocycles. The van der Waals surface area contributed by atoms with Crippen LogP contribution in [0.15, 0.2) is 76.3 Å². The number of hydrogen-bond acceptors (Lipinski definition) is 6. The van der Waals surface area contributed by atoms with Crippen molar-refractivity contribution in [2.24, 2.45) is 0 Å². The summed E-state index contributed by atoms with van der Waals surface area (Å²) in [5, 5.41) is 5.57. The molecule has 0 aliphatic heterocycles. The van der Waals surface area contributed by atoms with Gasteiger partial charge >= 0.3 is 0 Å². The van der Waals surface area contributed by atoms with E-state index in [4.69, 9.17) is 0 Å². The number of fused-ring (bicyclic) bond motifs is 1. The summed E-state index contributed by atoms with van der Waals surface area (Å²) in [6.45, 7) is 0.450. The van der Waals surface area contributed by atoms with Crippen molar-refractivity contribution in [3.63, 3.8) is 0 Å². The van der Waals surface area contributed by atoms with Gasteiger partial charge in [0.1, 0.15) is 15.7 Å². The van der Waals surface area contributed by atoms with E-state index in [2.05, 4.69) is 22.4 Å². The van der Waals surface area contributed by atoms with Gasteiger partial charge in [0.15, 0.2) is 0 Å². The van der Waals surface area contributed by atoms with E-state index in [1.165, 1.54) is 16.9 Å². The van der Waals surface area contributed by atoms with Crippen molar-refractivity contribution in [3.05, 3.63) is 83.4 Å². The summed E-state index contributed by atoms with van der Waals surface area (Å²) < 4.78 is 27.5. The van der Waals surface area contributed by atoms with Crippen molar-refractivity contribution in [2.75, 3.05) is 17.9 Å². The second-order valence-electron chi connectivity index (χ2n) is 9.51. The topological polar surface area (TPSA) is 99.3 Å². The molecule has 2 aromatic heterocycles. The van der Waals surface area contributed by atoms with Crippen molar-refractivity contribution in [1.29, 1.82) is 0 Å². The molecule has 2 heterocycles. The molecule has 38 heavy (non-hydrogen) atoms. The standard InChI is InChI=1S/C28H29N3O4S3/c1-31(38(34,35)25-11-6-16-36-25)24-10-5-9-21-17-23(30-26(21)24)27(33)29-19-28(14-12-22(32)13-15-28)37-18-20-7-3-2-4-8-20/h2-11,16-17,30H,12-15,18-19H2,1H3,(H,29,33). The summed E-state index contributed by atoms with van der Waals surface area (Å²) in [6, 6.07) is 20.6. The van der Waals surface area contributed by atoms with E-state index in [1.807, 2.05) is 24.3 Å². The molecule has 0 atom stereocenters. The summed E-state index contributed by atoms with van der Waals surface area (Å²) in [5.74, 6) is 0.829. The number of ketones is 1. The molecule has 4 aromatic rings. The Morgan fingerprint density at radius 1 is 1.08 bits per heavy atom. The van der Waals surface area contributed by atoms with Crippen molar-refractivity contribution in [3.8, 4) is 0 Å². The van der Waals surface area contributed by atoms with Gasteiger partial charge in [0.05, 0.1) is 11.2 Å².